The molecule has 0 spiro atoms. The first-order chi connectivity index (χ1) is 10.3. The summed E-state index contributed by atoms with van der Waals surface area (Å²) in [5.74, 6) is 1.40. The van der Waals surface area contributed by atoms with Gasteiger partial charge in [-0.25, -0.2) is 0 Å². The number of nitrogens with zero attached hydrogens (tertiary/aromatic N) is 2. The van der Waals surface area contributed by atoms with Gasteiger partial charge in [0.2, 0.25) is 5.82 Å². The van der Waals surface area contributed by atoms with E-state index in [4.69, 9.17) is 9.26 Å². The molecule has 3 aromatic rings. The molecule has 0 aliphatic carbocycles. The Bertz CT molecular complexity index is 710. The zero-order valence-electron chi connectivity index (χ0n) is 11.6. The van der Waals surface area contributed by atoms with Crippen LogP contribution >= 0.6 is 0 Å². The van der Waals surface area contributed by atoms with Gasteiger partial charge in [-0.3, -0.25) is 0 Å². The summed E-state index contributed by atoms with van der Waals surface area (Å²) in [6.07, 6.45) is 0. The molecule has 1 N–H and O–H groups in total. The molecule has 0 radical (unpaired) electrons. The lowest BCUT2D eigenvalue weighted by atomic mass is 10.2. The fourth-order valence-corrected chi connectivity index (χ4v) is 1.96. The van der Waals surface area contributed by atoms with Crippen LogP contribution in [0.15, 0.2) is 59.1 Å². The molecule has 1 aromatic heterocycles. The Balaban J connectivity index is 1.67. The highest BCUT2D eigenvalue weighted by atomic mass is 16.5. The third-order valence-corrected chi connectivity index (χ3v) is 3.04. The number of benzene rings is 2. The van der Waals surface area contributed by atoms with Crippen molar-refractivity contribution in [2.24, 2.45) is 0 Å². The molecule has 0 aliphatic rings. The van der Waals surface area contributed by atoms with Gasteiger partial charge in [0.15, 0.2) is 0 Å². The summed E-state index contributed by atoms with van der Waals surface area (Å²) in [5.41, 5.74) is 2.00. The Hall–Kier alpha value is -2.82. The Morgan fingerprint density at radius 2 is 1.95 bits per heavy atom. The summed E-state index contributed by atoms with van der Waals surface area (Å²) in [4.78, 5) is 4.32. The Morgan fingerprint density at radius 1 is 1.10 bits per heavy atom. The molecule has 0 saturated carbocycles. The Kier molecular flexibility index (Phi) is 3.82. The average molecular weight is 281 g/mol. The van der Waals surface area contributed by atoms with E-state index < -0.39 is 0 Å². The number of methoxy groups -OCH3 is 1. The van der Waals surface area contributed by atoms with Crippen molar-refractivity contribution < 1.29 is 9.26 Å². The monoisotopic (exact) mass is 281 g/mol. The van der Waals surface area contributed by atoms with Gasteiger partial charge >= 0.3 is 6.01 Å². The van der Waals surface area contributed by atoms with Crippen molar-refractivity contribution in [3.63, 3.8) is 0 Å². The largest absolute Gasteiger partial charge is 0.497 e. The molecule has 3 rings (SSSR count). The molecule has 0 bridgehead atoms. The van der Waals surface area contributed by atoms with Crippen molar-refractivity contribution in [3.8, 4) is 17.1 Å². The summed E-state index contributed by atoms with van der Waals surface area (Å²) in [5, 5.41) is 7.07. The van der Waals surface area contributed by atoms with E-state index in [0.29, 0.717) is 18.4 Å². The zero-order valence-corrected chi connectivity index (χ0v) is 11.6. The number of hydrogen-bond donors (Lipinski definition) is 1. The Morgan fingerprint density at radius 3 is 2.76 bits per heavy atom. The second-order valence-electron chi connectivity index (χ2n) is 4.49. The van der Waals surface area contributed by atoms with Crippen molar-refractivity contribution in [1.29, 1.82) is 0 Å². The van der Waals surface area contributed by atoms with Gasteiger partial charge in [0.25, 0.3) is 0 Å². The van der Waals surface area contributed by atoms with E-state index >= 15 is 0 Å². The lowest BCUT2D eigenvalue weighted by Crippen LogP contribution is -1.99. The van der Waals surface area contributed by atoms with E-state index in [1.807, 2.05) is 54.6 Å². The zero-order chi connectivity index (χ0) is 14.5. The maximum Gasteiger partial charge on any atom is 0.322 e. The van der Waals surface area contributed by atoms with Gasteiger partial charge in [0.05, 0.1) is 7.11 Å². The minimum Gasteiger partial charge on any atom is -0.497 e. The molecule has 1 heterocycles. The second-order valence-corrected chi connectivity index (χ2v) is 4.49. The van der Waals surface area contributed by atoms with Gasteiger partial charge < -0.3 is 14.6 Å². The van der Waals surface area contributed by atoms with Crippen molar-refractivity contribution in [3.05, 3.63) is 60.2 Å². The van der Waals surface area contributed by atoms with Gasteiger partial charge in [-0.2, -0.15) is 4.98 Å². The molecule has 5 nitrogen and oxygen atoms in total. The van der Waals surface area contributed by atoms with Gasteiger partial charge in [-0.15, -0.1) is 0 Å². The number of nitrogens with one attached hydrogen (secondary N) is 1. The SMILES string of the molecule is COc1cccc(CNc2nc(-c3ccccc3)no2)c1. The minimum absolute atomic E-state index is 0.400. The van der Waals surface area contributed by atoms with Crippen molar-refractivity contribution in [1.82, 2.24) is 10.1 Å². The van der Waals surface area contributed by atoms with Gasteiger partial charge in [0.1, 0.15) is 5.75 Å². The van der Waals surface area contributed by atoms with Crippen LogP contribution in [0.1, 0.15) is 5.56 Å². The van der Waals surface area contributed by atoms with Crippen LogP contribution in [0.25, 0.3) is 11.4 Å². The fourth-order valence-electron chi connectivity index (χ4n) is 1.96. The van der Waals surface area contributed by atoms with Crippen LogP contribution < -0.4 is 10.1 Å². The first-order valence-electron chi connectivity index (χ1n) is 6.61. The standard InChI is InChI=1S/C16H15N3O2/c1-20-14-9-5-6-12(10-14)11-17-16-18-15(19-21-16)13-7-3-2-4-8-13/h2-10H,11H2,1H3,(H,17,18,19). The van der Waals surface area contributed by atoms with Crippen LogP contribution in [-0.2, 0) is 6.54 Å². The van der Waals surface area contributed by atoms with E-state index in [2.05, 4.69) is 15.5 Å². The van der Waals surface area contributed by atoms with Crippen molar-refractivity contribution >= 4 is 6.01 Å². The highest BCUT2D eigenvalue weighted by molar-refractivity contribution is 5.54. The van der Waals surface area contributed by atoms with E-state index in [9.17, 15) is 0 Å². The molecule has 5 heteroatoms. The fraction of sp³-hybridized carbons (Fsp3) is 0.125. The summed E-state index contributed by atoms with van der Waals surface area (Å²) in [7, 11) is 1.65. The number of hydrogen-bond acceptors (Lipinski definition) is 5. The molecule has 0 amide bonds. The second kappa shape index (κ2) is 6.09. The number of anilines is 1. The summed E-state index contributed by atoms with van der Waals surface area (Å²) in [6.45, 7) is 0.591. The van der Waals surface area contributed by atoms with Crippen LogP contribution in [-0.4, -0.2) is 17.3 Å². The molecule has 0 saturated heterocycles. The topological polar surface area (TPSA) is 60.2 Å². The van der Waals surface area contributed by atoms with Gasteiger partial charge in [-0.05, 0) is 17.7 Å². The number of rotatable bonds is 5. The lowest BCUT2D eigenvalue weighted by molar-refractivity contribution is 0.414. The Labute approximate surface area is 122 Å². The van der Waals surface area contributed by atoms with Crippen LogP contribution in [0.3, 0.4) is 0 Å². The van der Waals surface area contributed by atoms with Crippen LogP contribution in [0, 0.1) is 0 Å². The quantitative estimate of drug-likeness (QED) is 0.777. The molecule has 0 unspecified atom stereocenters. The molecule has 0 fully saturated rings. The summed E-state index contributed by atoms with van der Waals surface area (Å²) in [6, 6.07) is 17.9. The highest BCUT2D eigenvalue weighted by Crippen LogP contribution is 2.18. The smallest absolute Gasteiger partial charge is 0.322 e. The minimum atomic E-state index is 0.400. The molecule has 0 aliphatic heterocycles. The normalized spacial score (nSPS) is 10.3. The van der Waals surface area contributed by atoms with E-state index in [1.54, 1.807) is 7.11 Å². The first kappa shape index (κ1) is 13.2. The van der Waals surface area contributed by atoms with E-state index in [-0.39, 0.29) is 0 Å². The van der Waals surface area contributed by atoms with E-state index in [1.165, 1.54) is 0 Å². The third kappa shape index (κ3) is 3.20. The summed E-state index contributed by atoms with van der Waals surface area (Å²) >= 11 is 0. The van der Waals surface area contributed by atoms with E-state index in [0.717, 1.165) is 16.9 Å². The molecule has 2 aromatic carbocycles. The summed E-state index contributed by atoms with van der Waals surface area (Å²) < 4.78 is 10.4. The number of aromatic nitrogens is 2. The van der Waals surface area contributed by atoms with Gasteiger partial charge in [0, 0.05) is 12.1 Å². The van der Waals surface area contributed by atoms with Crippen molar-refractivity contribution in [2.45, 2.75) is 6.54 Å². The maximum absolute atomic E-state index is 5.19. The number of ether oxygens (including phenoxy) is 1. The van der Waals surface area contributed by atoms with Gasteiger partial charge in [-0.1, -0.05) is 47.6 Å². The average Bonchev–Trinajstić information content (AvgIpc) is 3.03. The lowest BCUT2D eigenvalue weighted by Gasteiger charge is -2.04. The third-order valence-electron chi connectivity index (χ3n) is 3.04. The van der Waals surface area contributed by atoms with Crippen LogP contribution in [0.4, 0.5) is 6.01 Å². The maximum atomic E-state index is 5.19. The van der Waals surface area contributed by atoms with Crippen LogP contribution in [0.2, 0.25) is 0 Å². The van der Waals surface area contributed by atoms with Crippen molar-refractivity contribution in [2.75, 3.05) is 12.4 Å². The predicted molar refractivity (Wildman–Crippen MR) is 80.1 cm³/mol. The molecule has 106 valence electrons. The first-order valence-corrected chi connectivity index (χ1v) is 6.61. The molecule has 21 heavy (non-hydrogen) atoms. The molecular weight excluding hydrogens is 266 g/mol. The van der Waals surface area contributed by atoms with Crippen LogP contribution in [0.5, 0.6) is 5.75 Å². The highest BCUT2D eigenvalue weighted by Gasteiger charge is 2.07. The predicted octanol–water partition coefficient (Wildman–Crippen LogP) is 3.36. The molecular formula is C16H15N3O2. The molecule has 0 atom stereocenters.